The second-order valence-corrected chi connectivity index (χ2v) is 4.35. The average Bonchev–Trinajstić information content (AvgIpc) is 2.11. The fraction of sp³-hybridized carbons (Fsp3) is 0.583. The summed E-state index contributed by atoms with van der Waals surface area (Å²) in [6.07, 6.45) is 10.2. The normalized spacial score (nSPS) is 34.2. The standard InChI is InChI=1S/C12H16O/c1-10-5-4-8-12(9-10)7-3-2-6-11(12)13/h4-5H,1-3,6-9H2. The molecule has 0 saturated heterocycles. The summed E-state index contributed by atoms with van der Waals surface area (Å²) >= 11 is 0. The van der Waals surface area contributed by atoms with Crippen LogP contribution < -0.4 is 0 Å². The quantitative estimate of drug-likeness (QED) is 0.554. The van der Waals surface area contributed by atoms with E-state index in [1.807, 2.05) is 0 Å². The van der Waals surface area contributed by atoms with Crippen molar-refractivity contribution in [2.24, 2.45) is 5.41 Å². The Morgan fingerprint density at radius 1 is 1.38 bits per heavy atom. The fourth-order valence-corrected chi connectivity index (χ4v) is 2.57. The first kappa shape index (κ1) is 8.74. The van der Waals surface area contributed by atoms with Gasteiger partial charge in [-0.15, -0.1) is 0 Å². The van der Waals surface area contributed by atoms with Gasteiger partial charge in [0.15, 0.2) is 0 Å². The summed E-state index contributed by atoms with van der Waals surface area (Å²) in [5.41, 5.74) is 1.09. The fourth-order valence-electron chi connectivity index (χ4n) is 2.57. The summed E-state index contributed by atoms with van der Waals surface area (Å²) in [6, 6.07) is 0. The molecule has 1 heteroatoms. The molecule has 1 spiro atoms. The molecule has 0 aromatic carbocycles. The van der Waals surface area contributed by atoms with Crippen LogP contribution in [0, 0.1) is 5.41 Å². The Bertz CT molecular complexity index is 275. The molecule has 2 rings (SSSR count). The van der Waals surface area contributed by atoms with Crippen LogP contribution in [0.5, 0.6) is 0 Å². The van der Waals surface area contributed by atoms with Crippen LogP contribution >= 0.6 is 0 Å². The van der Waals surface area contributed by atoms with E-state index in [2.05, 4.69) is 18.7 Å². The lowest BCUT2D eigenvalue weighted by Gasteiger charge is -2.37. The van der Waals surface area contributed by atoms with Gasteiger partial charge in [-0.2, -0.15) is 0 Å². The highest BCUT2D eigenvalue weighted by Crippen LogP contribution is 2.44. The van der Waals surface area contributed by atoms with Crippen molar-refractivity contribution in [3.63, 3.8) is 0 Å². The maximum absolute atomic E-state index is 11.8. The van der Waals surface area contributed by atoms with Crippen molar-refractivity contribution >= 4 is 5.78 Å². The highest BCUT2D eigenvalue weighted by Gasteiger charge is 2.39. The SMILES string of the molecule is C=C1C=CCC2(CCCCC2=O)C1. The molecule has 1 nitrogen and oxygen atoms in total. The molecule has 1 fully saturated rings. The Hall–Kier alpha value is -0.850. The van der Waals surface area contributed by atoms with E-state index in [-0.39, 0.29) is 5.41 Å². The van der Waals surface area contributed by atoms with Gasteiger partial charge in [0.05, 0.1) is 0 Å². The molecule has 0 radical (unpaired) electrons. The number of allylic oxidation sites excluding steroid dienone is 3. The van der Waals surface area contributed by atoms with E-state index in [4.69, 9.17) is 0 Å². The highest BCUT2D eigenvalue weighted by atomic mass is 16.1. The summed E-state index contributed by atoms with van der Waals surface area (Å²) < 4.78 is 0. The van der Waals surface area contributed by atoms with Gasteiger partial charge >= 0.3 is 0 Å². The van der Waals surface area contributed by atoms with Crippen LogP contribution in [0.4, 0.5) is 0 Å². The lowest BCUT2D eigenvalue weighted by Crippen LogP contribution is -2.35. The summed E-state index contributed by atoms with van der Waals surface area (Å²) in [6.45, 7) is 3.96. The minimum absolute atomic E-state index is 0.0376. The molecule has 0 bridgehead atoms. The summed E-state index contributed by atoms with van der Waals surface area (Å²) in [5.74, 6) is 0.476. The largest absolute Gasteiger partial charge is 0.299 e. The van der Waals surface area contributed by atoms with Crippen LogP contribution in [-0.4, -0.2) is 5.78 Å². The van der Waals surface area contributed by atoms with E-state index in [1.165, 1.54) is 6.42 Å². The van der Waals surface area contributed by atoms with Crippen molar-refractivity contribution in [3.8, 4) is 0 Å². The first-order valence-electron chi connectivity index (χ1n) is 5.11. The van der Waals surface area contributed by atoms with E-state index >= 15 is 0 Å². The smallest absolute Gasteiger partial charge is 0.139 e. The van der Waals surface area contributed by atoms with Crippen molar-refractivity contribution in [1.29, 1.82) is 0 Å². The zero-order valence-electron chi connectivity index (χ0n) is 8.01. The van der Waals surface area contributed by atoms with E-state index in [9.17, 15) is 4.79 Å². The molecule has 0 N–H and O–H groups in total. The molecule has 0 aromatic rings. The first-order chi connectivity index (χ1) is 6.23. The zero-order chi connectivity index (χ0) is 9.31. The number of carbonyl (C=O) groups excluding carboxylic acids is 1. The minimum atomic E-state index is -0.0376. The molecule has 70 valence electrons. The lowest BCUT2D eigenvalue weighted by molar-refractivity contribution is -0.131. The number of Topliss-reactive ketones (excluding diaryl/α,β-unsaturated/α-hetero) is 1. The van der Waals surface area contributed by atoms with Crippen LogP contribution in [0.2, 0.25) is 0 Å². The number of hydrogen-bond acceptors (Lipinski definition) is 1. The molecule has 0 aromatic heterocycles. The molecule has 1 unspecified atom stereocenters. The third-order valence-electron chi connectivity index (χ3n) is 3.33. The number of rotatable bonds is 0. The molecule has 2 aliphatic rings. The molecular formula is C12H16O. The molecule has 2 aliphatic carbocycles. The Balaban J connectivity index is 2.23. The Kier molecular flexibility index (Phi) is 2.10. The van der Waals surface area contributed by atoms with Crippen LogP contribution in [0.1, 0.15) is 38.5 Å². The summed E-state index contributed by atoms with van der Waals surface area (Å²) in [7, 11) is 0. The van der Waals surface area contributed by atoms with Crippen LogP contribution in [0.25, 0.3) is 0 Å². The molecule has 13 heavy (non-hydrogen) atoms. The minimum Gasteiger partial charge on any atom is -0.299 e. The van der Waals surface area contributed by atoms with Crippen molar-refractivity contribution < 1.29 is 4.79 Å². The van der Waals surface area contributed by atoms with E-state index in [1.54, 1.807) is 0 Å². The highest BCUT2D eigenvalue weighted by molar-refractivity contribution is 5.86. The van der Waals surface area contributed by atoms with Gasteiger partial charge in [-0.3, -0.25) is 4.79 Å². The first-order valence-corrected chi connectivity index (χ1v) is 5.11. The monoisotopic (exact) mass is 176 g/mol. The van der Waals surface area contributed by atoms with Crippen molar-refractivity contribution in [2.75, 3.05) is 0 Å². The second-order valence-electron chi connectivity index (χ2n) is 4.35. The maximum atomic E-state index is 11.8. The molecule has 0 heterocycles. The third kappa shape index (κ3) is 1.48. The van der Waals surface area contributed by atoms with E-state index in [0.29, 0.717) is 5.78 Å². The molecule has 1 atom stereocenters. The number of carbonyl (C=O) groups is 1. The van der Waals surface area contributed by atoms with Gasteiger partial charge in [0, 0.05) is 11.8 Å². The summed E-state index contributed by atoms with van der Waals surface area (Å²) in [4.78, 5) is 11.8. The predicted octanol–water partition coefficient (Wildman–Crippen LogP) is 3.02. The lowest BCUT2D eigenvalue weighted by atomic mass is 9.65. The third-order valence-corrected chi connectivity index (χ3v) is 3.33. The summed E-state index contributed by atoms with van der Waals surface area (Å²) in [5, 5.41) is 0. The number of ketones is 1. The van der Waals surface area contributed by atoms with Gasteiger partial charge in [-0.25, -0.2) is 0 Å². The van der Waals surface area contributed by atoms with Crippen LogP contribution in [-0.2, 0) is 4.79 Å². The van der Waals surface area contributed by atoms with Crippen molar-refractivity contribution in [2.45, 2.75) is 38.5 Å². The molecule has 1 saturated carbocycles. The second kappa shape index (κ2) is 3.13. The molecule has 0 amide bonds. The Morgan fingerprint density at radius 2 is 2.23 bits per heavy atom. The topological polar surface area (TPSA) is 17.1 Å². The van der Waals surface area contributed by atoms with E-state index in [0.717, 1.165) is 37.7 Å². The predicted molar refractivity (Wildman–Crippen MR) is 53.4 cm³/mol. The molecule has 0 aliphatic heterocycles. The van der Waals surface area contributed by atoms with Crippen LogP contribution in [0.3, 0.4) is 0 Å². The van der Waals surface area contributed by atoms with Crippen molar-refractivity contribution in [1.82, 2.24) is 0 Å². The maximum Gasteiger partial charge on any atom is 0.139 e. The zero-order valence-corrected chi connectivity index (χ0v) is 8.01. The van der Waals surface area contributed by atoms with Gasteiger partial charge in [-0.05, 0) is 25.7 Å². The van der Waals surface area contributed by atoms with Crippen molar-refractivity contribution in [3.05, 3.63) is 24.3 Å². The van der Waals surface area contributed by atoms with Gasteiger partial charge in [0.25, 0.3) is 0 Å². The van der Waals surface area contributed by atoms with Gasteiger partial charge in [0.1, 0.15) is 5.78 Å². The van der Waals surface area contributed by atoms with Gasteiger partial charge in [0.2, 0.25) is 0 Å². The molecular weight excluding hydrogens is 160 g/mol. The number of hydrogen-bond donors (Lipinski definition) is 0. The van der Waals surface area contributed by atoms with Crippen LogP contribution in [0.15, 0.2) is 24.3 Å². The Labute approximate surface area is 79.5 Å². The Morgan fingerprint density at radius 3 is 2.92 bits per heavy atom. The van der Waals surface area contributed by atoms with Gasteiger partial charge in [-0.1, -0.05) is 30.7 Å². The van der Waals surface area contributed by atoms with E-state index < -0.39 is 0 Å². The van der Waals surface area contributed by atoms with Gasteiger partial charge < -0.3 is 0 Å². The average molecular weight is 176 g/mol.